The molecule has 1 saturated heterocycles. The van der Waals surface area contributed by atoms with Gasteiger partial charge in [0.15, 0.2) is 0 Å². The molecule has 1 atom stereocenters. The fraction of sp³-hybridized carbons (Fsp3) is 0.733. The van der Waals surface area contributed by atoms with Crippen LogP contribution >= 0.6 is 0 Å². The van der Waals surface area contributed by atoms with Crippen LogP contribution in [-0.4, -0.2) is 40.5 Å². The van der Waals surface area contributed by atoms with Gasteiger partial charge in [-0.1, -0.05) is 0 Å². The topological polar surface area (TPSA) is 47.4 Å². The Morgan fingerprint density at radius 3 is 3.10 bits per heavy atom. The van der Waals surface area contributed by atoms with E-state index in [1.165, 1.54) is 19.3 Å². The number of fused-ring (bicyclic) bond motifs is 1. The zero-order chi connectivity index (χ0) is 13.9. The van der Waals surface area contributed by atoms with Gasteiger partial charge in [-0.05, 0) is 31.7 Å². The van der Waals surface area contributed by atoms with Crippen molar-refractivity contribution >= 4 is 0 Å². The molecule has 0 aliphatic carbocycles. The van der Waals surface area contributed by atoms with Gasteiger partial charge >= 0.3 is 0 Å². The minimum Gasteiger partial charge on any atom is -0.377 e. The van der Waals surface area contributed by atoms with Crippen LogP contribution in [0.25, 0.3) is 0 Å². The highest BCUT2D eigenvalue weighted by molar-refractivity contribution is 5.20. The third kappa shape index (κ3) is 2.94. The molecular formula is C15H23N3O2. The highest BCUT2D eigenvalue weighted by Gasteiger charge is 2.23. The lowest BCUT2D eigenvalue weighted by atomic mass is 10.0. The van der Waals surface area contributed by atoms with Crippen LogP contribution in [0.5, 0.6) is 0 Å². The lowest BCUT2D eigenvalue weighted by molar-refractivity contribution is -0.00819. The molecule has 0 aromatic carbocycles. The summed E-state index contributed by atoms with van der Waals surface area (Å²) in [5, 5.41) is 4.46. The summed E-state index contributed by atoms with van der Waals surface area (Å²) in [4.78, 5) is 14.3. The maximum Gasteiger partial charge on any atom is 0.267 e. The van der Waals surface area contributed by atoms with Crippen molar-refractivity contribution in [1.82, 2.24) is 14.7 Å². The summed E-state index contributed by atoms with van der Waals surface area (Å²) in [5.41, 5.74) is 2.20. The Kier molecular flexibility index (Phi) is 4.17. The van der Waals surface area contributed by atoms with Crippen molar-refractivity contribution in [3.8, 4) is 0 Å². The van der Waals surface area contributed by atoms with E-state index < -0.39 is 0 Å². The molecule has 1 fully saturated rings. The smallest absolute Gasteiger partial charge is 0.267 e. The second-order valence-corrected chi connectivity index (χ2v) is 5.74. The van der Waals surface area contributed by atoms with Crippen LogP contribution in [0.15, 0.2) is 10.9 Å². The first kappa shape index (κ1) is 13.8. The average Bonchev–Trinajstić information content (AvgIpc) is 2.47. The Labute approximate surface area is 119 Å². The summed E-state index contributed by atoms with van der Waals surface area (Å²) >= 11 is 0. The van der Waals surface area contributed by atoms with Crippen LogP contribution in [0.4, 0.5) is 0 Å². The van der Waals surface area contributed by atoms with Crippen molar-refractivity contribution in [1.29, 1.82) is 0 Å². The molecule has 20 heavy (non-hydrogen) atoms. The number of ether oxygens (including phenoxy) is 1. The standard InChI is InChI=1S/C15H23N3O2/c1-2-18-15(19)9-12-10-17(7-6-14(12)16-18)11-13-5-3-4-8-20-13/h9,13H,2-8,10-11H2,1H3/t13-/m0/s1. The molecule has 0 bridgehead atoms. The summed E-state index contributed by atoms with van der Waals surface area (Å²) in [6, 6.07) is 1.76. The highest BCUT2D eigenvalue weighted by atomic mass is 16.5. The Morgan fingerprint density at radius 2 is 2.35 bits per heavy atom. The Balaban J connectivity index is 1.68. The first-order chi connectivity index (χ1) is 9.76. The van der Waals surface area contributed by atoms with Gasteiger partial charge in [0, 0.05) is 45.3 Å². The summed E-state index contributed by atoms with van der Waals surface area (Å²) in [5.74, 6) is 0. The molecule has 5 nitrogen and oxygen atoms in total. The van der Waals surface area contributed by atoms with E-state index in [1.807, 2.05) is 6.92 Å². The largest absolute Gasteiger partial charge is 0.377 e. The molecule has 2 aliphatic rings. The van der Waals surface area contributed by atoms with Crippen LogP contribution in [-0.2, 0) is 24.2 Å². The molecule has 1 aromatic heterocycles. The molecule has 0 unspecified atom stereocenters. The van der Waals surface area contributed by atoms with E-state index in [9.17, 15) is 4.79 Å². The van der Waals surface area contributed by atoms with Gasteiger partial charge < -0.3 is 4.74 Å². The van der Waals surface area contributed by atoms with Crippen LogP contribution in [0, 0.1) is 0 Å². The Morgan fingerprint density at radius 1 is 1.45 bits per heavy atom. The Bertz CT molecular complexity index is 520. The quantitative estimate of drug-likeness (QED) is 0.832. The fourth-order valence-corrected chi connectivity index (χ4v) is 3.12. The van der Waals surface area contributed by atoms with Crippen molar-refractivity contribution in [2.45, 2.75) is 51.8 Å². The van der Waals surface area contributed by atoms with E-state index in [1.54, 1.807) is 10.7 Å². The molecular weight excluding hydrogens is 254 g/mol. The molecule has 0 amide bonds. The zero-order valence-corrected chi connectivity index (χ0v) is 12.2. The summed E-state index contributed by atoms with van der Waals surface area (Å²) in [7, 11) is 0. The second-order valence-electron chi connectivity index (χ2n) is 5.74. The van der Waals surface area contributed by atoms with E-state index in [0.29, 0.717) is 12.6 Å². The van der Waals surface area contributed by atoms with Gasteiger partial charge in [-0.3, -0.25) is 9.69 Å². The SMILES string of the molecule is CCn1nc2c(cc1=O)CN(C[C@@H]1CCCCO1)CC2. The van der Waals surface area contributed by atoms with Crippen molar-refractivity contribution in [3.63, 3.8) is 0 Å². The predicted octanol–water partition coefficient (Wildman–Crippen LogP) is 1.19. The van der Waals surface area contributed by atoms with Crippen molar-refractivity contribution in [3.05, 3.63) is 27.7 Å². The number of hydrogen-bond acceptors (Lipinski definition) is 4. The molecule has 0 N–H and O–H groups in total. The van der Waals surface area contributed by atoms with Crippen LogP contribution in [0.2, 0.25) is 0 Å². The number of aryl methyl sites for hydroxylation is 1. The fourth-order valence-electron chi connectivity index (χ4n) is 3.12. The molecule has 0 spiro atoms. The van der Waals surface area contributed by atoms with Crippen LogP contribution in [0.1, 0.15) is 37.4 Å². The molecule has 5 heteroatoms. The molecule has 3 heterocycles. The number of hydrogen-bond donors (Lipinski definition) is 0. The first-order valence-electron chi connectivity index (χ1n) is 7.70. The first-order valence-corrected chi connectivity index (χ1v) is 7.70. The lowest BCUT2D eigenvalue weighted by Crippen LogP contribution is -2.40. The molecule has 2 aliphatic heterocycles. The van der Waals surface area contributed by atoms with Gasteiger partial charge in [0.05, 0.1) is 11.8 Å². The summed E-state index contributed by atoms with van der Waals surface area (Å²) in [6.45, 7) is 6.33. The monoisotopic (exact) mass is 277 g/mol. The molecule has 1 aromatic rings. The number of aromatic nitrogens is 2. The normalized spacial score (nSPS) is 23.6. The molecule has 3 rings (SSSR count). The van der Waals surface area contributed by atoms with E-state index in [0.717, 1.165) is 43.9 Å². The maximum absolute atomic E-state index is 11.9. The van der Waals surface area contributed by atoms with Crippen molar-refractivity contribution in [2.24, 2.45) is 0 Å². The van der Waals surface area contributed by atoms with Gasteiger partial charge in [-0.2, -0.15) is 5.10 Å². The highest BCUT2D eigenvalue weighted by Crippen LogP contribution is 2.19. The maximum atomic E-state index is 11.9. The van der Waals surface area contributed by atoms with E-state index in [2.05, 4.69) is 10.00 Å². The molecule has 0 radical (unpaired) electrons. The van der Waals surface area contributed by atoms with Gasteiger partial charge in [0.25, 0.3) is 5.56 Å². The van der Waals surface area contributed by atoms with Gasteiger partial charge in [0.1, 0.15) is 0 Å². The Hall–Kier alpha value is -1.20. The molecule has 110 valence electrons. The van der Waals surface area contributed by atoms with E-state index in [-0.39, 0.29) is 5.56 Å². The third-order valence-corrected chi connectivity index (χ3v) is 4.26. The summed E-state index contributed by atoms with van der Waals surface area (Å²) < 4.78 is 7.36. The van der Waals surface area contributed by atoms with Crippen LogP contribution < -0.4 is 5.56 Å². The van der Waals surface area contributed by atoms with Gasteiger partial charge in [0.2, 0.25) is 0 Å². The number of nitrogens with zero attached hydrogens (tertiary/aromatic N) is 3. The van der Waals surface area contributed by atoms with Gasteiger partial charge in [-0.15, -0.1) is 0 Å². The van der Waals surface area contributed by atoms with Crippen molar-refractivity contribution in [2.75, 3.05) is 19.7 Å². The lowest BCUT2D eigenvalue weighted by Gasteiger charge is -2.32. The predicted molar refractivity (Wildman–Crippen MR) is 76.7 cm³/mol. The van der Waals surface area contributed by atoms with E-state index >= 15 is 0 Å². The second kappa shape index (κ2) is 6.06. The third-order valence-electron chi connectivity index (χ3n) is 4.26. The van der Waals surface area contributed by atoms with Gasteiger partial charge in [-0.25, -0.2) is 4.68 Å². The minimum absolute atomic E-state index is 0.0158. The minimum atomic E-state index is 0.0158. The molecule has 0 saturated carbocycles. The average molecular weight is 277 g/mol. The number of rotatable bonds is 3. The van der Waals surface area contributed by atoms with E-state index in [4.69, 9.17) is 4.74 Å². The zero-order valence-electron chi connectivity index (χ0n) is 12.2. The van der Waals surface area contributed by atoms with Crippen molar-refractivity contribution < 1.29 is 4.74 Å². The van der Waals surface area contributed by atoms with Crippen LogP contribution in [0.3, 0.4) is 0 Å². The summed E-state index contributed by atoms with van der Waals surface area (Å²) in [6.07, 6.45) is 4.94.